The van der Waals surface area contributed by atoms with Crippen LogP contribution in [0.1, 0.15) is 26.2 Å². The maximum Gasteiger partial charge on any atom is 0.231 e. The highest BCUT2D eigenvalue weighted by Gasteiger charge is 2.37. The average Bonchev–Trinajstić information content (AvgIpc) is 2.38. The Hall–Kier alpha value is -1.13. The van der Waals surface area contributed by atoms with Crippen molar-refractivity contribution in [2.45, 2.75) is 26.2 Å². The van der Waals surface area contributed by atoms with E-state index in [1.807, 2.05) is 6.92 Å². The first-order chi connectivity index (χ1) is 9.05. The maximum absolute atomic E-state index is 13.2. The predicted octanol–water partition coefficient (Wildman–Crippen LogP) is 3.20. The Morgan fingerprint density at radius 1 is 1.53 bits per heavy atom. The molecule has 0 spiro atoms. The van der Waals surface area contributed by atoms with Crippen LogP contribution in [-0.2, 0) is 4.79 Å². The van der Waals surface area contributed by atoms with Gasteiger partial charge >= 0.3 is 0 Å². The molecule has 1 atom stereocenters. The molecule has 1 saturated heterocycles. The van der Waals surface area contributed by atoms with Gasteiger partial charge in [-0.25, -0.2) is 4.39 Å². The molecule has 104 valence electrons. The smallest absolute Gasteiger partial charge is 0.231 e. The van der Waals surface area contributed by atoms with Crippen molar-refractivity contribution >= 4 is 23.2 Å². The van der Waals surface area contributed by atoms with E-state index in [4.69, 9.17) is 11.6 Å². The number of piperidine rings is 1. The Bertz CT molecular complexity index is 452. The number of carbonyl (C=O) groups excluding carboxylic acids is 1. The summed E-state index contributed by atoms with van der Waals surface area (Å²) in [4.78, 5) is 12.4. The van der Waals surface area contributed by atoms with Crippen LogP contribution in [0, 0.1) is 11.2 Å². The first-order valence-electron chi connectivity index (χ1n) is 6.54. The summed E-state index contributed by atoms with van der Waals surface area (Å²) in [5.41, 5.74) is 0.00484. The summed E-state index contributed by atoms with van der Waals surface area (Å²) >= 11 is 5.78. The Labute approximate surface area is 117 Å². The van der Waals surface area contributed by atoms with Crippen LogP contribution in [0.5, 0.6) is 0 Å². The van der Waals surface area contributed by atoms with Gasteiger partial charge < -0.3 is 10.6 Å². The van der Waals surface area contributed by atoms with Crippen LogP contribution < -0.4 is 10.6 Å². The summed E-state index contributed by atoms with van der Waals surface area (Å²) in [5, 5.41) is 6.32. The van der Waals surface area contributed by atoms with Gasteiger partial charge in [-0.2, -0.15) is 0 Å². The molecular weight excluding hydrogens is 267 g/mol. The quantitative estimate of drug-likeness (QED) is 0.895. The molecule has 3 nitrogen and oxygen atoms in total. The average molecular weight is 285 g/mol. The Balaban J connectivity index is 2.14. The molecule has 1 aromatic carbocycles. The summed E-state index contributed by atoms with van der Waals surface area (Å²) in [6.07, 6.45) is 2.59. The molecule has 0 saturated carbocycles. The lowest BCUT2D eigenvalue weighted by molar-refractivity contribution is -0.126. The van der Waals surface area contributed by atoms with Gasteiger partial charge in [0.15, 0.2) is 0 Å². The highest BCUT2D eigenvalue weighted by Crippen LogP contribution is 2.32. The van der Waals surface area contributed by atoms with Crippen LogP contribution in [0.2, 0.25) is 5.02 Å². The lowest BCUT2D eigenvalue weighted by Crippen LogP contribution is -2.47. The van der Waals surface area contributed by atoms with Crippen molar-refractivity contribution in [1.82, 2.24) is 5.32 Å². The molecule has 0 radical (unpaired) electrons. The molecular formula is C14H18ClFN2O. The molecule has 1 aromatic rings. The number of carbonyl (C=O) groups is 1. The number of rotatable bonds is 3. The van der Waals surface area contributed by atoms with Gasteiger partial charge in [-0.05, 0) is 44.0 Å². The Morgan fingerprint density at radius 2 is 2.32 bits per heavy atom. The van der Waals surface area contributed by atoms with Gasteiger partial charge in [0.1, 0.15) is 5.82 Å². The number of hydrogen-bond acceptors (Lipinski definition) is 2. The van der Waals surface area contributed by atoms with Crippen molar-refractivity contribution in [3.8, 4) is 0 Å². The second kappa shape index (κ2) is 5.88. The van der Waals surface area contributed by atoms with Crippen molar-refractivity contribution in [2.75, 3.05) is 18.4 Å². The molecule has 1 unspecified atom stereocenters. The fourth-order valence-corrected chi connectivity index (χ4v) is 2.74. The summed E-state index contributed by atoms with van der Waals surface area (Å²) < 4.78 is 13.2. The Kier molecular flexibility index (Phi) is 4.42. The lowest BCUT2D eigenvalue weighted by Gasteiger charge is -2.35. The summed E-state index contributed by atoms with van der Waals surface area (Å²) in [7, 11) is 0. The SMILES string of the molecule is CCC1(C(=O)Nc2cc(F)cc(Cl)c2)CCCNC1. The van der Waals surface area contributed by atoms with E-state index < -0.39 is 11.2 Å². The van der Waals surface area contributed by atoms with Crippen LogP contribution in [0.4, 0.5) is 10.1 Å². The maximum atomic E-state index is 13.2. The van der Waals surface area contributed by atoms with Crippen molar-refractivity contribution in [2.24, 2.45) is 5.41 Å². The van der Waals surface area contributed by atoms with E-state index in [2.05, 4.69) is 10.6 Å². The predicted molar refractivity (Wildman–Crippen MR) is 74.9 cm³/mol. The van der Waals surface area contributed by atoms with Gasteiger partial charge in [0.2, 0.25) is 5.91 Å². The van der Waals surface area contributed by atoms with Gasteiger partial charge in [0, 0.05) is 17.3 Å². The fraction of sp³-hybridized carbons (Fsp3) is 0.500. The second-order valence-electron chi connectivity index (χ2n) is 5.03. The minimum atomic E-state index is -0.449. The number of halogens is 2. The Morgan fingerprint density at radius 3 is 2.89 bits per heavy atom. The van der Waals surface area contributed by atoms with Gasteiger partial charge in [0.05, 0.1) is 5.41 Å². The van der Waals surface area contributed by atoms with E-state index in [1.54, 1.807) is 6.07 Å². The van der Waals surface area contributed by atoms with Gasteiger partial charge in [-0.3, -0.25) is 4.79 Å². The normalized spacial score (nSPS) is 23.1. The minimum Gasteiger partial charge on any atom is -0.325 e. The first-order valence-corrected chi connectivity index (χ1v) is 6.92. The van der Waals surface area contributed by atoms with Crippen LogP contribution in [0.15, 0.2) is 18.2 Å². The number of hydrogen-bond donors (Lipinski definition) is 2. The fourth-order valence-electron chi connectivity index (χ4n) is 2.51. The molecule has 1 aliphatic heterocycles. The molecule has 0 aromatic heterocycles. The van der Waals surface area contributed by atoms with E-state index in [0.717, 1.165) is 25.8 Å². The molecule has 19 heavy (non-hydrogen) atoms. The largest absolute Gasteiger partial charge is 0.325 e. The number of nitrogens with one attached hydrogen (secondary N) is 2. The van der Waals surface area contributed by atoms with Crippen molar-refractivity contribution in [3.63, 3.8) is 0 Å². The molecule has 1 amide bonds. The third-order valence-electron chi connectivity index (χ3n) is 3.75. The number of amides is 1. The van der Waals surface area contributed by atoms with Gasteiger partial charge in [0.25, 0.3) is 0 Å². The van der Waals surface area contributed by atoms with E-state index in [9.17, 15) is 9.18 Å². The molecule has 5 heteroatoms. The van der Waals surface area contributed by atoms with Crippen LogP contribution in [0.25, 0.3) is 0 Å². The summed E-state index contributed by atoms with van der Waals surface area (Å²) in [5.74, 6) is -0.515. The zero-order chi connectivity index (χ0) is 13.9. The number of anilines is 1. The van der Waals surface area contributed by atoms with Crippen LogP contribution in [-0.4, -0.2) is 19.0 Å². The standard InChI is InChI=1S/C14H18ClFN2O/c1-2-14(4-3-5-17-9-14)13(19)18-12-7-10(15)6-11(16)8-12/h6-8,17H,2-5,9H2,1H3,(H,18,19). The highest BCUT2D eigenvalue weighted by atomic mass is 35.5. The molecule has 1 heterocycles. The third-order valence-corrected chi connectivity index (χ3v) is 3.97. The van der Waals surface area contributed by atoms with Gasteiger partial charge in [-0.1, -0.05) is 18.5 Å². The second-order valence-corrected chi connectivity index (χ2v) is 5.46. The molecule has 0 bridgehead atoms. The molecule has 2 N–H and O–H groups in total. The van der Waals surface area contributed by atoms with E-state index in [0.29, 0.717) is 12.2 Å². The van der Waals surface area contributed by atoms with E-state index >= 15 is 0 Å². The molecule has 1 fully saturated rings. The zero-order valence-corrected chi connectivity index (χ0v) is 11.7. The molecule has 2 rings (SSSR count). The van der Waals surface area contributed by atoms with Crippen LogP contribution in [0.3, 0.4) is 0 Å². The minimum absolute atomic E-state index is 0.0659. The lowest BCUT2D eigenvalue weighted by atomic mass is 9.77. The van der Waals surface area contributed by atoms with Crippen molar-refractivity contribution in [3.05, 3.63) is 29.0 Å². The van der Waals surface area contributed by atoms with Crippen molar-refractivity contribution in [1.29, 1.82) is 0 Å². The van der Waals surface area contributed by atoms with E-state index in [-0.39, 0.29) is 10.9 Å². The summed E-state index contributed by atoms with van der Waals surface area (Å²) in [6.45, 7) is 3.62. The zero-order valence-electron chi connectivity index (χ0n) is 10.9. The highest BCUT2D eigenvalue weighted by molar-refractivity contribution is 6.30. The summed E-state index contributed by atoms with van der Waals surface area (Å²) in [6, 6.07) is 4.06. The topological polar surface area (TPSA) is 41.1 Å². The first kappa shape index (κ1) is 14.3. The number of benzene rings is 1. The monoisotopic (exact) mass is 284 g/mol. The van der Waals surface area contributed by atoms with Crippen molar-refractivity contribution < 1.29 is 9.18 Å². The van der Waals surface area contributed by atoms with E-state index in [1.165, 1.54) is 12.1 Å². The molecule has 1 aliphatic rings. The van der Waals surface area contributed by atoms with Gasteiger partial charge in [-0.15, -0.1) is 0 Å². The molecule has 0 aliphatic carbocycles. The third kappa shape index (κ3) is 3.25. The van der Waals surface area contributed by atoms with Crippen LogP contribution >= 0.6 is 11.6 Å².